The summed E-state index contributed by atoms with van der Waals surface area (Å²) in [6.07, 6.45) is 0. The van der Waals surface area contributed by atoms with Crippen molar-refractivity contribution in [2.45, 2.75) is 19.4 Å². The fourth-order valence-corrected chi connectivity index (χ4v) is 1.99. The van der Waals surface area contributed by atoms with Crippen LogP contribution in [0.2, 0.25) is 0 Å². The van der Waals surface area contributed by atoms with Crippen molar-refractivity contribution in [3.05, 3.63) is 53.5 Å². The third kappa shape index (κ3) is 4.59. The van der Waals surface area contributed by atoms with Crippen LogP contribution in [0.25, 0.3) is 0 Å². The zero-order chi connectivity index (χ0) is 16.9. The van der Waals surface area contributed by atoms with Gasteiger partial charge in [0, 0.05) is 5.69 Å². The minimum Gasteiger partial charge on any atom is -0.463 e. The summed E-state index contributed by atoms with van der Waals surface area (Å²) >= 11 is 0. The van der Waals surface area contributed by atoms with Crippen LogP contribution in [0.5, 0.6) is 0 Å². The molecular formula is C17H19N3O3. The Morgan fingerprint density at radius 3 is 2.57 bits per heavy atom. The van der Waals surface area contributed by atoms with Crippen molar-refractivity contribution < 1.29 is 14.3 Å². The molecule has 0 radical (unpaired) electrons. The number of rotatable bonds is 6. The highest BCUT2D eigenvalue weighted by molar-refractivity contribution is 5.80. The summed E-state index contributed by atoms with van der Waals surface area (Å²) in [4.78, 5) is 11.9. The number of aliphatic hydroxyl groups is 1. The van der Waals surface area contributed by atoms with E-state index in [-0.39, 0.29) is 19.0 Å². The van der Waals surface area contributed by atoms with Crippen LogP contribution in [0.1, 0.15) is 24.0 Å². The summed E-state index contributed by atoms with van der Waals surface area (Å²) in [6, 6.07) is 12.3. The Morgan fingerprint density at radius 1 is 1.30 bits per heavy atom. The lowest BCUT2D eigenvalue weighted by Gasteiger charge is -2.21. The number of hydrogen-bond acceptors (Lipinski definition) is 5. The van der Waals surface area contributed by atoms with Gasteiger partial charge in [0.25, 0.3) is 0 Å². The van der Waals surface area contributed by atoms with Crippen molar-refractivity contribution in [2.24, 2.45) is 0 Å². The monoisotopic (exact) mass is 313 g/mol. The molecule has 1 amide bonds. The normalized spacial score (nSPS) is 13.0. The standard InChI is InChI=1S/C17H19N3O3/c1-12-3-8-15(23-12)17(2,22)11-20-16(21)10-19-14-6-4-13(9-18)5-7-14/h3-8,19,22H,10-11H2,1-2H3,(H,20,21). The van der Waals surface area contributed by atoms with Crippen molar-refractivity contribution >= 4 is 11.6 Å². The maximum Gasteiger partial charge on any atom is 0.239 e. The predicted octanol–water partition coefficient (Wildman–Crippen LogP) is 1.90. The second-order valence-corrected chi connectivity index (χ2v) is 5.50. The van der Waals surface area contributed by atoms with Gasteiger partial charge in [0.2, 0.25) is 5.91 Å². The molecule has 3 N–H and O–H groups in total. The highest BCUT2D eigenvalue weighted by Crippen LogP contribution is 2.21. The molecule has 0 aliphatic heterocycles. The lowest BCUT2D eigenvalue weighted by molar-refractivity contribution is -0.120. The van der Waals surface area contributed by atoms with Crippen LogP contribution in [-0.4, -0.2) is 24.1 Å². The molecule has 1 aromatic carbocycles. The van der Waals surface area contributed by atoms with Gasteiger partial charge in [-0.3, -0.25) is 4.79 Å². The number of aryl methyl sites for hydroxylation is 1. The largest absolute Gasteiger partial charge is 0.463 e. The van der Waals surface area contributed by atoms with Gasteiger partial charge < -0.3 is 20.2 Å². The van der Waals surface area contributed by atoms with E-state index in [0.29, 0.717) is 17.1 Å². The third-order valence-electron chi connectivity index (χ3n) is 3.37. The highest BCUT2D eigenvalue weighted by atomic mass is 16.4. The van der Waals surface area contributed by atoms with Gasteiger partial charge in [-0.25, -0.2) is 0 Å². The molecule has 120 valence electrons. The number of nitrogens with one attached hydrogen (secondary N) is 2. The number of carbonyl (C=O) groups is 1. The van der Waals surface area contributed by atoms with Crippen molar-refractivity contribution in [1.82, 2.24) is 5.32 Å². The zero-order valence-electron chi connectivity index (χ0n) is 13.1. The van der Waals surface area contributed by atoms with Crippen LogP contribution in [0.4, 0.5) is 5.69 Å². The van der Waals surface area contributed by atoms with Crippen molar-refractivity contribution in [3.8, 4) is 6.07 Å². The van der Waals surface area contributed by atoms with Crippen LogP contribution < -0.4 is 10.6 Å². The van der Waals surface area contributed by atoms with Gasteiger partial charge in [-0.15, -0.1) is 0 Å². The maximum absolute atomic E-state index is 11.9. The molecule has 1 heterocycles. The molecule has 2 rings (SSSR count). The molecule has 0 aliphatic carbocycles. The van der Waals surface area contributed by atoms with Crippen LogP contribution in [0, 0.1) is 18.3 Å². The molecule has 0 fully saturated rings. The Hall–Kier alpha value is -2.78. The second-order valence-electron chi connectivity index (χ2n) is 5.50. The number of benzene rings is 1. The van der Waals surface area contributed by atoms with Crippen LogP contribution in [0.3, 0.4) is 0 Å². The number of furan rings is 1. The Labute approximate surface area is 134 Å². The minimum atomic E-state index is -1.27. The molecular weight excluding hydrogens is 294 g/mol. The minimum absolute atomic E-state index is 0.0494. The van der Waals surface area contributed by atoms with E-state index < -0.39 is 5.60 Å². The summed E-state index contributed by atoms with van der Waals surface area (Å²) in [5, 5.41) is 24.7. The van der Waals surface area contributed by atoms with Crippen LogP contribution in [0.15, 0.2) is 40.8 Å². The SMILES string of the molecule is Cc1ccc(C(C)(O)CNC(=O)CNc2ccc(C#N)cc2)o1. The average Bonchev–Trinajstić information content (AvgIpc) is 2.99. The third-order valence-corrected chi connectivity index (χ3v) is 3.37. The summed E-state index contributed by atoms with van der Waals surface area (Å²) in [6.45, 7) is 3.49. The Morgan fingerprint density at radius 2 is 2.00 bits per heavy atom. The van der Waals surface area contributed by atoms with Gasteiger partial charge in [0.1, 0.15) is 17.1 Å². The Balaban J connectivity index is 1.81. The van der Waals surface area contributed by atoms with Gasteiger partial charge in [-0.05, 0) is 50.2 Å². The molecule has 1 unspecified atom stereocenters. The average molecular weight is 313 g/mol. The van der Waals surface area contributed by atoms with E-state index in [1.165, 1.54) is 0 Å². The Bertz CT molecular complexity index is 711. The van der Waals surface area contributed by atoms with Gasteiger partial charge >= 0.3 is 0 Å². The fourth-order valence-electron chi connectivity index (χ4n) is 1.99. The van der Waals surface area contributed by atoms with E-state index in [1.54, 1.807) is 50.2 Å². The lowest BCUT2D eigenvalue weighted by Crippen LogP contribution is -2.40. The molecule has 0 spiro atoms. The van der Waals surface area contributed by atoms with Crippen molar-refractivity contribution in [1.29, 1.82) is 5.26 Å². The molecule has 23 heavy (non-hydrogen) atoms. The first kappa shape index (κ1) is 16.6. The maximum atomic E-state index is 11.9. The molecule has 0 saturated heterocycles. The predicted molar refractivity (Wildman–Crippen MR) is 85.7 cm³/mol. The van der Waals surface area contributed by atoms with E-state index in [4.69, 9.17) is 9.68 Å². The molecule has 1 atom stereocenters. The molecule has 6 nitrogen and oxygen atoms in total. The molecule has 0 saturated carbocycles. The molecule has 0 aliphatic rings. The van der Waals surface area contributed by atoms with E-state index in [1.807, 2.05) is 6.07 Å². The molecule has 1 aromatic heterocycles. The summed E-state index contributed by atoms with van der Waals surface area (Å²) in [7, 11) is 0. The van der Waals surface area contributed by atoms with Crippen LogP contribution in [-0.2, 0) is 10.4 Å². The smallest absolute Gasteiger partial charge is 0.239 e. The number of hydrogen-bond donors (Lipinski definition) is 3. The van der Waals surface area contributed by atoms with Crippen molar-refractivity contribution in [2.75, 3.05) is 18.4 Å². The number of amides is 1. The number of nitriles is 1. The topological polar surface area (TPSA) is 98.3 Å². The van der Waals surface area contributed by atoms with E-state index >= 15 is 0 Å². The molecule has 6 heteroatoms. The van der Waals surface area contributed by atoms with Gasteiger partial charge in [0.15, 0.2) is 0 Å². The zero-order valence-corrected chi connectivity index (χ0v) is 13.1. The summed E-state index contributed by atoms with van der Waals surface area (Å²) in [5.41, 5.74) is 0.0376. The van der Waals surface area contributed by atoms with Gasteiger partial charge in [-0.1, -0.05) is 0 Å². The molecule has 0 bridgehead atoms. The number of carbonyl (C=O) groups excluding carboxylic acids is 1. The fraction of sp³-hybridized carbons (Fsp3) is 0.294. The number of nitrogens with zero attached hydrogens (tertiary/aromatic N) is 1. The van der Waals surface area contributed by atoms with Crippen molar-refractivity contribution in [3.63, 3.8) is 0 Å². The quantitative estimate of drug-likeness (QED) is 0.756. The Kier molecular flexibility index (Phi) is 5.04. The first-order valence-electron chi connectivity index (χ1n) is 7.21. The van der Waals surface area contributed by atoms with E-state index in [9.17, 15) is 9.90 Å². The lowest BCUT2D eigenvalue weighted by atomic mass is 10.0. The summed E-state index contributed by atoms with van der Waals surface area (Å²) < 4.78 is 5.39. The first-order chi connectivity index (χ1) is 10.9. The highest BCUT2D eigenvalue weighted by Gasteiger charge is 2.27. The van der Waals surface area contributed by atoms with Gasteiger partial charge in [0.05, 0.1) is 24.7 Å². The van der Waals surface area contributed by atoms with E-state index in [0.717, 1.165) is 5.69 Å². The summed E-state index contributed by atoms with van der Waals surface area (Å²) in [5.74, 6) is 0.863. The first-order valence-corrected chi connectivity index (χ1v) is 7.21. The van der Waals surface area contributed by atoms with E-state index in [2.05, 4.69) is 10.6 Å². The second kappa shape index (κ2) is 6.99. The van der Waals surface area contributed by atoms with Gasteiger partial charge in [-0.2, -0.15) is 5.26 Å². The van der Waals surface area contributed by atoms with Crippen LogP contribution >= 0.6 is 0 Å². The molecule has 2 aromatic rings. The number of anilines is 1.